The van der Waals surface area contributed by atoms with Crippen molar-refractivity contribution in [1.82, 2.24) is 0 Å². The van der Waals surface area contributed by atoms with Gasteiger partial charge in [-0.15, -0.1) is 0 Å². The largest absolute Gasteiger partial charge is 0.374 e. The number of hydrogen-bond acceptors (Lipinski definition) is 2. The number of rotatable bonds is 4. The van der Waals surface area contributed by atoms with Crippen LogP contribution >= 0.6 is 11.6 Å². The Kier molecular flexibility index (Phi) is 4.49. The van der Waals surface area contributed by atoms with Crippen molar-refractivity contribution < 1.29 is 4.79 Å². The van der Waals surface area contributed by atoms with E-state index in [1.54, 1.807) is 12.1 Å². The Labute approximate surface area is 140 Å². The summed E-state index contributed by atoms with van der Waals surface area (Å²) < 4.78 is 0. The van der Waals surface area contributed by atoms with Crippen LogP contribution in [-0.4, -0.2) is 11.9 Å². The molecular formula is C19H17ClN2O. The predicted molar refractivity (Wildman–Crippen MR) is 97.1 cm³/mol. The summed E-state index contributed by atoms with van der Waals surface area (Å²) in [5.41, 5.74) is 1.65. The summed E-state index contributed by atoms with van der Waals surface area (Å²) in [6, 6.07) is 20.9. The molecule has 0 fully saturated rings. The Morgan fingerprint density at radius 3 is 2.30 bits per heavy atom. The van der Waals surface area contributed by atoms with Gasteiger partial charge in [0.25, 0.3) is 0 Å². The fourth-order valence-electron chi connectivity index (χ4n) is 2.38. The maximum Gasteiger partial charge on any atom is 0.246 e. The molecule has 3 aromatic rings. The lowest BCUT2D eigenvalue weighted by Gasteiger charge is -2.15. The normalized spacial score (nSPS) is 11.9. The van der Waals surface area contributed by atoms with Crippen molar-refractivity contribution in [3.8, 4) is 0 Å². The van der Waals surface area contributed by atoms with Crippen molar-refractivity contribution in [1.29, 1.82) is 0 Å². The second kappa shape index (κ2) is 6.71. The number of carbonyl (C=O) groups is 1. The van der Waals surface area contributed by atoms with Crippen LogP contribution in [0.2, 0.25) is 5.02 Å². The molecule has 0 aromatic heterocycles. The van der Waals surface area contributed by atoms with Gasteiger partial charge >= 0.3 is 0 Å². The van der Waals surface area contributed by atoms with Crippen LogP contribution in [-0.2, 0) is 4.79 Å². The zero-order chi connectivity index (χ0) is 16.2. The maximum atomic E-state index is 12.3. The molecule has 3 nitrogen and oxygen atoms in total. The van der Waals surface area contributed by atoms with Crippen molar-refractivity contribution in [2.24, 2.45) is 0 Å². The Morgan fingerprint density at radius 2 is 1.57 bits per heavy atom. The molecule has 0 saturated carbocycles. The first-order valence-electron chi connectivity index (χ1n) is 7.43. The Morgan fingerprint density at radius 1 is 0.913 bits per heavy atom. The van der Waals surface area contributed by atoms with Crippen molar-refractivity contribution in [3.05, 3.63) is 71.8 Å². The van der Waals surface area contributed by atoms with Crippen LogP contribution in [0.5, 0.6) is 0 Å². The van der Waals surface area contributed by atoms with E-state index in [-0.39, 0.29) is 11.9 Å². The molecule has 0 aliphatic heterocycles. The van der Waals surface area contributed by atoms with E-state index in [4.69, 9.17) is 11.6 Å². The van der Waals surface area contributed by atoms with Crippen molar-refractivity contribution >= 4 is 39.7 Å². The SMILES string of the molecule is C[C@@H](Nc1ccc(Cl)cc1)C(=O)Nc1ccc2ccccc2c1. The maximum absolute atomic E-state index is 12.3. The van der Waals surface area contributed by atoms with Gasteiger partial charge in [0.15, 0.2) is 0 Å². The predicted octanol–water partition coefficient (Wildman–Crippen LogP) is 4.93. The van der Waals surface area contributed by atoms with Gasteiger partial charge in [-0.1, -0.05) is 41.9 Å². The molecule has 1 amide bonds. The summed E-state index contributed by atoms with van der Waals surface area (Å²) in [5.74, 6) is -0.0877. The molecule has 0 spiro atoms. The van der Waals surface area contributed by atoms with Gasteiger partial charge in [-0.3, -0.25) is 4.79 Å². The molecular weight excluding hydrogens is 308 g/mol. The minimum atomic E-state index is -0.359. The highest BCUT2D eigenvalue weighted by atomic mass is 35.5. The van der Waals surface area contributed by atoms with Gasteiger partial charge in [0.1, 0.15) is 6.04 Å². The average molecular weight is 325 g/mol. The number of fused-ring (bicyclic) bond motifs is 1. The molecule has 0 aliphatic rings. The van der Waals surface area contributed by atoms with E-state index in [9.17, 15) is 4.79 Å². The second-order valence-corrected chi connectivity index (χ2v) is 5.86. The first kappa shape index (κ1) is 15.4. The summed E-state index contributed by atoms with van der Waals surface area (Å²) in [7, 11) is 0. The molecule has 0 unspecified atom stereocenters. The monoisotopic (exact) mass is 324 g/mol. The molecule has 116 valence electrons. The van der Waals surface area contributed by atoms with E-state index in [0.717, 1.165) is 22.1 Å². The summed E-state index contributed by atoms with van der Waals surface area (Å²) in [6.07, 6.45) is 0. The van der Waals surface area contributed by atoms with Crippen LogP contribution in [0, 0.1) is 0 Å². The van der Waals surface area contributed by atoms with Crippen LogP contribution in [0.4, 0.5) is 11.4 Å². The first-order valence-corrected chi connectivity index (χ1v) is 7.81. The van der Waals surface area contributed by atoms with Crippen LogP contribution < -0.4 is 10.6 Å². The van der Waals surface area contributed by atoms with Crippen molar-refractivity contribution in [2.75, 3.05) is 10.6 Å². The number of halogens is 1. The zero-order valence-electron chi connectivity index (χ0n) is 12.7. The van der Waals surface area contributed by atoms with Gasteiger partial charge in [0.05, 0.1) is 0 Å². The van der Waals surface area contributed by atoms with E-state index in [1.165, 1.54) is 0 Å². The lowest BCUT2D eigenvalue weighted by molar-refractivity contribution is -0.116. The van der Waals surface area contributed by atoms with Crippen LogP contribution in [0.1, 0.15) is 6.92 Å². The van der Waals surface area contributed by atoms with E-state index in [2.05, 4.69) is 10.6 Å². The highest BCUT2D eigenvalue weighted by molar-refractivity contribution is 6.30. The summed E-state index contributed by atoms with van der Waals surface area (Å²) in [5, 5.41) is 9.02. The van der Waals surface area contributed by atoms with Crippen LogP contribution in [0.15, 0.2) is 66.7 Å². The smallest absolute Gasteiger partial charge is 0.246 e. The number of hydrogen-bond donors (Lipinski definition) is 2. The lowest BCUT2D eigenvalue weighted by atomic mass is 10.1. The molecule has 0 saturated heterocycles. The number of nitrogens with one attached hydrogen (secondary N) is 2. The average Bonchev–Trinajstić information content (AvgIpc) is 2.56. The third kappa shape index (κ3) is 3.82. The lowest BCUT2D eigenvalue weighted by Crippen LogP contribution is -2.31. The topological polar surface area (TPSA) is 41.1 Å². The molecule has 2 N–H and O–H groups in total. The molecule has 3 rings (SSSR count). The van der Waals surface area contributed by atoms with Crippen LogP contribution in [0.25, 0.3) is 10.8 Å². The number of benzene rings is 3. The van der Waals surface area contributed by atoms with Gasteiger partial charge in [0.2, 0.25) is 5.91 Å². The highest BCUT2D eigenvalue weighted by Crippen LogP contribution is 2.19. The second-order valence-electron chi connectivity index (χ2n) is 5.42. The van der Waals surface area contributed by atoms with E-state index in [0.29, 0.717) is 5.02 Å². The van der Waals surface area contributed by atoms with Gasteiger partial charge < -0.3 is 10.6 Å². The quantitative estimate of drug-likeness (QED) is 0.714. The molecule has 23 heavy (non-hydrogen) atoms. The van der Waals surface area contributed by atoms with Crippen molar-refractivity contribution in [2.45, 2.75) is 13.0 Å². The van der Waals surface area contributed by atoms with E-state index in [1.807, 2.05) is 61.5 Å². The van der Waals surface area contributed by atoms with Gasteiger partial charge in [-0.05, 0) is 54.1 Å². The highest BCUT2D eigenvalue weighted by Gasteiger charge is 2.12. The third-order valence-corrected chi connectivity index (χ3v) is 3.89. The molecule has 0 bridgehead atoms. The molecule has 0 radical (unpaired) electrons. The van der Waals surface area contributed by atoms with Gasteiger partial charge in [0, 0.05) is 16.4 Å². The van der Waals surface area contributed by atoms with Gasteiger partial charge in [-0.2, -0.15) is 0 Å². The molecule has 3 aromatic carbocycles. The van der Waals surface area contributed by atoms with E-state index >= 15 is 0 Å². The fraction of sp³-hybridized carbons (Fsp3) is 0.105. The molecule has 0 heterocycles. The zero-order valence-corrected chi connectivity index (χ0v) is 13.5. The molecule has 1 atom stereocenters. The first-order chi connectivity index (χ1) is 11.1. The van der Waals surface area contributed by atoms with Gasteiger partial charge in [-0.25, -0.2) is 0 Å². The standard InChI is InChI=1S/C19H17ClN2O/c1-13(21-17-10-7-16(20)8-11-17)19(23)22-18-9-6-14-4-2-3-5-15(14)12-18/h2-13,21H,1H3,(H,22,23)/t13-/m1/s1. The minimum absolute atomic E-state index is 0.0877. The molecule has 0 aliphatic carbocycles. The number of carbonyl (C=O) groups excluding carboxylic acids is 1. The summed E-state index contributed by atoms with van der Waals surface area (Å²) >= 11 is 5.86. The summed E-state index contributed by atoms with van der Waals surface area (Å²) in [4.78, 5) is 12.3. The fourth-order valence-corrected chi connectivity index (χ4v) is 2.51. The number of anilines is 2. The summed E-state index contributed by atoms with van der Waals surface area (Å²) in [6.45, 7) is 1.82. The third-order valence-electron chi connectivity index (χ3n) is 3.64. The van der Waals surface area contributed by atoms with E-state index < -0.39 is 0 Å². The van der Waals surface area contributed by atoms with Crippen molar-refractivity contribution in [3.63, 3.8) is 0 Å². The Balaban J connectivity index is 1.68. The number of amides is 1. The van der Waals surface area contributed by atoms with Crippen LogP contribution in [0.3, 0.4) is 0 Å². The Bertz CT molecular complexity index is 830. The Hall–Kier alpha value is -2.52. The molecule has 4 heteroatoms. The minimum Gasteiger partial charge on any atom is -0.374 e.